The average molecular weight is 246 g/mol. The lowest BCUT2D eigenvalue weighted by atomic mass is 10.0. The molecule has 1 aliphatic heterocycles. The van der Waals surface area contributed by atoms with Crippen LogP contribution >= 0.6 is 0 Å². The highest BCUT2D eigenvalue weighted by atomic mass is 16.2. The maximum absolute atomic E-state index is 12.0. The van der Waals surface area contributed by atoms with Gasteiger partial charge in [-0.25, -0.2) is 0 Å². The van der Waals surface area contributed by atoms with E-state index in [1.165, 1.54) is 11.4 Å². The van der Waals surface area contributed by atoms with Crippen molar-refractivity contribution in [3.63, 3.8) is 0 Å². The van der Waals surface area contributed by atoms with E-state index < -0.39 is 0 Å². The zero-order chi connectivity index (χ0) is 12.7. The Bertz CT molecular complexity index is 432. The van der Waals surface area contributed by atoms with Gasteiger partial charge in [0.15, 0.2) is 0 Å². The van der Waals surface area contributed by atoms with Crippen LogP contribution in [0.1, 0.15) is 43.1 Å². The van der Waals surface area contributed by atoms with Gasteiger partial charge in [-0.1, -0.05) is 0 Å². The fourth-order valence-electron chi connectivity index (χ4n) is 3.19. The zero-order valence-electron chi connectivity index (χ0n) is 11.4. The molecule has 18 heavy (non-hydrogen) atoms. The van der Waals surface area contributed by atoms with Gasteiger partial charge >= 0.3 is 0 Å². The highest BCUT2D eigenvalue weighted by Gasteiger charge is 2.35. The molecular weight excluding hydrogens is 224 g/mol. The van der Waals surface area contributed by atoms with Crippen molar-refractivity contribution in [1.82, 2.24) is 9.47 Å². The number of rotatable bonds is 2. The van der Waals surface area contributed by atoms with E-state index >= 15 is 0 Å². The predicted octanol–water partition coefficient (Wildman–Crippen LogP) is 2.68. The minimum Gasteiger partial charge on any atom is -0.346 e. The maximum atomic E-state index is 12.0. The quantitative estimate of drug-likeness (QED) is 0.787. The van der Waals surface area contributed by atoms with Crippen molar-refractivity contribution in [2.45, 2.75) is 45.6 Å². The Kier molecular flexibility index (Phi) is 2.92. The number of carbonyl (C=O) groups is 1. The van der Waals surface area contributed by atoms with Gasteiger partial charge in [0, 0.05) is 36.4 Å². The third-order valence-corrected chi connectivity index (χ3v) is 4.39. The van der Waals surface area contributed by atoms with Gasteiger partial charge in [0.1, 0.15) is 0 Å². The van der Waals surface area contributed by atoms with Crippen molar-refractivity contribution in [2.75, 3.05) is 13.1 Å². The summed E-state index contributed by atoms with van der Waals surface area (Å²) in [6.45, 7) is 6.23. The van der Waals surface area contributed by atoms with Gasteiger partial charge in [0.05, 0.1) is 0 Å². The van der Waals surface area contributed by atoms with Crippen molar-refractivity contribution >= 4 is 5.91 Å². The van der Waals surface area contributed by atoms with Gasteiger partial charge < -0.3 is 9.47 Å². The number of piperidine rings is 1. The number of aromatic nitrogens is 1. The van der Waals surface area contributed by atoms with E-state index in [2.05, 4.69) is 35.4 Å². The fourth-order valence-corrected chi connectivity index (χ4v) is 3.19. The molecule has 2 aliphatic rings. The summed E-state index contributed by atoms with van der Waals surface area (Å²) >= 11 is 0. The molecule has 0 unspecified atom stereocenters. The van der Waals surface area contributed by atoms with Crippen LogP contribution < -0.4 is 0 Å². The second-order valence-corrected chi connectivity index (χ2v) is 5.82. The Labute approximate surface area is 109 Å². The normalized spacial score (nSPS) is 21.3. The van der Waals surface area contributed by atoms with Gasteiger partial charge in [-0.2, -0.15) is 0 Å². The summed E-state index contributed by atoms with van der Waals surface area (Å²) in [5.41, 5.74) is 2.69. The van der Waals surface area contributed by atoms with Crippen LogP contribution in [0.25, 0.3) is 0 Å². The van der Waals surface area contributed by atoms with Crippen LogP contribution in [0.2, 0.25) is 0 Å². The summed E-state index contributed by atoms with van der Waals surface area (Å²) in [5, 5.41) is 0. The van der Waals surface area contributed by atoms with E-state index in [-0.39, 0.29) is 0 Å². The highest BCUT2D eigenvalue weighted by molar-refractivity contribution is 5.81. The van der Waals surface area contributed by atoms with Crippen molar-refractivity contribution in [2.24, 2.45) is 5.92 Å². The standard InChI is InChI=1S/C15H22N2O/c1-11-3-4-12(2)17(11)14-7-9-16(10-8-14)15(18)13-5-6-13/h3-4,13-14H,5-10H2,1-2H3. The number of hydrogen-bond acceptors (Lipinski definition) is 1. The molecule has 0 radical (unpaired) electrons. The Hall–Kier alpha value is -1.25. The third-order valence-electron chi connectivity index (χ3n) is 4.39. The summed E-state index contributed by atoms with van der Waals surface area (Å²) in [6, 6.07) is 4.97. The molecule has 2 fully saturated rings. The van der Waals surface area contributed by atoms with E-state index in [4.69, 9.17) is 0 Å². The van der Waals surface area contributed by atoms with Crippen molar-refractivity contribution in [1.29, 1.82) is 0 Å². The molecule has 0 N–H and O–H groups in total. The average Bonchev–Trinajstić information content (AvgIpc) is 3.16. The first-order valence-corrected chi connectivity index (χ1v) is 7.10. The Balaban J connectivity index is 1.64. The summed E-state index contributed by atoms with van der Waals surface area (Å²) in [6.07, 6.45) is 4.45. The smallest absolute Gasteiger partial charge is 0.225 e. The molecule has 0 aromatic carbocycles. The lowest BCUT2D eigenvalue weighted by molar-refractivity contribution is -0.133. The number of amides is 1. The SMILES string of the molecule is Cc1ccc(C)n1C1CCN(C(=O)C2CC2)CC1. The lowest BCUT2D eigenvalue weighted by Crippen LogP contribution is -2.40. The molecule has 3 rings (SSSR count). The predicted molar refractivity (Wildman–Crippen MR) is 71.5 cm³/mol. The molecule has 1 amide bonds. The molecule has 0 spiro atoms. The molecule has 3 nitrogen and oxygen atoms in total. The molecule has 0 atom stereocenters. The number of hydrogen-bond donors (Lipinski definition) is 0. The molecule has 0 bridgehead atoms. The van der Waals surface area contributed by atoms with E-state index in [0.717, 1.165) is 38.8 Å². The first kappa shape index (κ1) is 11.8. The fraction of sp³-hybridized carbons (Fsp3) is 0.667. The topological polar surface area (TPSA) is 25.2 Å². The summed E-state index contributed by atoms with van der Waals surface area (Å²) in [5.74, 6) is 0.783. The monoisotopic (exact) mass is 246 g/mol. The van der Waals surface area contributed by atoms with Crippen LogP contribution in [0, 0.1) is 19.8 Å². The van der Waals surface area contributed by atoms with Gasteiger partial charge in [-0.15, -0.1) is 0 Å². The number of likely N-dealkylation sites (tertiary alicyclic amines) is 1. The minimum absolute atomic E-state index is 0.372. The molecule has 1 saturated carbocycles. The minimum atomic E-state index is 0.372. The summed E-state index contributed by atoms with van der Waals surface area (Å²) in [4.78, 5) is 14.1. The highest BCUT2D eigenvalue weighted by Crippen LogP contribution is 2.33. The van der Waals surface area contributed by atoms with Crippen LogP contribution in [0.3, 0.4) is 0 Å². The molecule has 1 aromatic heterocycles. The number of carbonyl (C=O) groups excluding carboxylic acids is 1. The molecule has 1 aliphatic carbocycles. The first-order chi connectivity index (χ1) is 8.66. The molecule has 98 valence electrons. The second-order valence-electron chi connectivity index (χ2n) is 5.82. The second kappa shape index (κ2) is 4.45. The van der Waals surface area contributed by atoms with Crippen LogP contribution in [0.5, 0.6) is 0 Å². The van der Waals surface area contributed by atoms with Crippen molar-refractivity contribution in [3.8, 4) is 0 Å². The van der Waals surface area contributed by atoms with E-state index in [1.54, 1.807) is 0 Å². The van der Waals surface area contributed by atoms with Crippen LogP contribution in [0.15, 0.2) is 12.1 Å². The number of aryl methyl sites for hydroxylation is 2. The van der Waals surface area contributed by atoms with E-state index in [1.807, 2.05) is 0 Å². The summed E-state index contributed by atoms with van der Waals surface area (Å²) in [7, 11) is 0. The Morgan fingerprint density at radius 3 is 2.11 bits per heavy atom. The van der Waals surface area contributed by atoms with Gasteiger partial charge in [-0.3, -0.25) is 4.79 Å². The van der Waals surface area contributed by atoms with Gasteiger partial charge in [0.2, 0.25) is 5.91 Å². The molecule has 1 saturated heterocycles. The van der Waals surface area contributed by atoms with E-state index in [0.29, 0.717) is 17.9 Å². The van der Waals surface area contributed by atoms with Crippen molar-refractivity contribution < 1.29 is 4.79 Å². The first-order valence-electron chi connectivity index (χ1n) is 7.10. The molecule has 2 heterocycles. The van der Waals surface area contributed by atoms with Crippen LogP contribution in [-0.2, 0) is 4.79 Å². The largest absolute Gasteiger partial charge is 0.346 e. The summed E-state index contributed by atoms with van der Waals surface area (Å²) < 4.78 is 2.44. The Morgan fingerprint density at radius 2 is 1.61 bits per heavy atom. The van der Waals surface area contributed by atoms with E-state index in [9.17, 15) is 4.79 Å². The van der Waals surface area contributed by atoms with Gasteiger partial charge in [-0.05, 0) is 51.7 Å². The molecule has 3 heteroatoms. The van der Waals surface area contributed by atoms with Gasteiger partial charge in [0.25, 0.3) is 0 Å². The zero-order valence-corrected chi connectivity index (χ0v) is 11.4. The maximum Gasteiger partial charge on any atom is 0.225 e. The third kappa shape index (κ3) is 2.06. The lowest BCUT2D eigenvalue weighted by Gasteiger charge is -2.34. The Morgan fingerprint density at radius 1 is 1.06 bits per heavy atom. The van der Waals surface area contributed by atoms with Crippen LogP contribution in [0.4, 0.5) is 0 Å². The van der Waals surface area contributed by atoms with Crippen molar-refractivity contribution in [3.05, 3.63) is 23.5 Å². The van der Waals surface area contributed by atoms with Crippen LogP contribution in [-0.4, -0.2) is 28.5 Å². The number of nitrogens with zero attached hydrogens (tertiary/aromatic N) is 2. The molecular formula is C15H22N2O. The molecule has 1 aromatic rings.